The Bertz CT molecular complexity index is 898. The fraction of sp³-hybridized carbons (Fsp3) is 0.235. The Hall–Kier alpha value is -2.96. The third-order valence-corrected chi connectivity index (χ3v) is 3.78. The van der Waals surface area contributed by atoms with Gasteiger partial charge in [-0.1, -0.05) is 12.1 Å². The quantitative estimate of drug-likeness (QED) is 0.798. The van der Waals surface area contributed by atoms with E-state index in [2.05, 4.69) is 15.5 Å². The van der Waals surface area contributed by atoms with Gasteiger partial charge in [0.15, 0.2) is 0 Å². The zero-order valence-corrected chi connectivity index (χ0v) is 13.6. The Morgan fingerprint density at radius 2 is 2.00 bits per heavy atom. The zero-order chi connectivity index (χ0) is 17.3. The summed E-state index contributed by atoms with van der Waals surface area (Å²) < 4.78 is 20.9. The molecule has 0 atom stereocenters. The molecule has 6 nitrogen and oxygen atoms in total. The van der Waals surface area contributed by atoms with Gasteiger partial charge in [0.25, 0.3) is 0 Å². The molecule has 1 amide bonds. The van der Waals surface area contributed by atoms with E-state index in [4.69, 9.17) is 4.42 Å². The number of aryl methyl sites for hydroxylation is 2. The summed E-state index contributed by atoms with van der Waals surface area (Å²) in [5.41, 5.74) is 2.66. The van der Waals surface area contributed by atoms with Gasteiger partial charge >= 0.3 is 0 Å². The van der Waals surface area contributed by atoms with E-state index in [0.29, 0.717) is 11.8 Å². The van der Waals surface area contributed by atoms with Crippen molar-refractivity contribution < 1.29 is 13.6 Å². The third kappa shape index (κ3) is 3.05. The Morgan fingerprint density at radius 1 is 1.25 bits per heavy atom. The summed E-state index contributed by atoms with van der Waals surface area (Å²) >= 11 is 0. The van der Waals surface area contributed by atoms with Gasteiger partial charge < -0.3 is 14.3 Å². The number of aromatic nitrogens is 3. The highest BCUT2D eigenvalue weighted by molar-refractivity contribution is 5.90. The van der Waals surface area contributed by atoms with E-state index in [9.17, 15) is 9.18 Å². The van der Waals surface area contributed by atoms with Crippen LogP contribution in [0.15, 0.2) is 34.7 Å². The van der Waals surface area contributed by atoms with Crippen molar-refractivity contribution in [1.29, 1.82) is 0 Å². The number of nitrogens with zero attached hydrogens (tertiary/aromatic N) is 3. The maximum Gasteiger partial charge on any atom is 0.249 e. The second kappa shape index (κ2) is 6.27. The van der Waals surface area contributed by atoms with Crippen molar-refractivity contribution in [3.05, 3.63) is 53.4 Å². The SMILES string of the molecule is Cc1nnc(-c2cc(C)n(CC(=O)Nc3ccccc3F)c2C)o1. The molecule has 0 saturated heterocycles. The van der Waals surface area contributed by atoms with Gasteiger partial charge in [-0.25, -0.2) is 4.39 Å². The van der Waals surface area contributed by atoms with Gasteiger partial charge in [-0.3, -0.25) is 4.79 Å². The van der Waals surface area contributed by atoms with Crippen LogP contribution in [-0.4, -0.2) is 20.7 Å². The van der Waals surface area contributed by atoms with Crippen molar-refractivity contribution in [1.82, 2.24) is 14.8 Å². The van der Waals surface area contributed by atoms with Gasteiger partial charge in [0.05, 0.1) is 11.3 Å². The predicted molar refractivity (Wildman–Crippen MR) is 87.0 cm³/mol. The van der Waals surface area contributed by atoms with Crippen molar-refractivity contribution in [2.45, 2.75) is 27.3 Å². The number of hydrogen-bond acceptors (Lipinski definition) is 4. The van der Waals surface area contributed by atoms with Crippen LogP contribution in [-0.2, 0) is 11.3 Å². The summed E-state index contributed by atoms with van der Waals surface area (Å²) in [7, 11) is 0. The average Bonchev–Trinajstić information content (AvgIpc) is 3.08. The number of nitrogens with one attached hydrogen (secondary N) is 1. The molecule has 7 heteroatoms. The first-order valence-electron chi connectivity index (χ1n) is 7.47. The number of amides is 1. The minimum atomic E-state index is -0.464. The van der Waals surface area contributed by atoms with E-state index in [1.807, 2.05) is 24.5 Å². The number of rotatable bonds is 4. The van der Waals surface area contributed by atoms with Crippen molar-refractivity contribution in [3.63, 3.8) is 0 Å². The summed E-state index contributed by atoms with van der Waals surface area (Å²) in [4.78, 5) is 12.2. The molecule has 0 aliphatic heterocycles. The molecule has 0 unspecified atom stereocenters. The molecular formula is C17H17FN4O2. The molecule has 0 fully saturated rings. The molecule has 3 aromatic rings. The van der Waals surface area contributed by atoms with Crippen LogP contribution in [0.25, 0.3) is 11.5 Å². The first-order chi connectivity index (χ1) is 11.5. The van der Waals surface area contributed by atoms with Crippen LogP contribution < -0.4 is 5.32 Å². The van der Waals surface area contributed by atoms with Crippen LogP contribution in [0.4, 0.5) is 10.1 Å². The van der Waals surface area contributed by atoms with E-state index in [1.165, 1.54) is 12.1 Å². The van der Waals surface area contributed by atoms with Crippen LogP contribution in [0.1, 0.15) is 17.3 Å². The molecule has 0 bridgehead atoms. The largest absolute Gasteiger partial charge is 0.421 e. The second-order valence-corrected chi connectivity index (χ2v) is 5.53. The molecule has 0 aliphatic rings. The molecule has 2 heterocycles. The molecule has 0 saturated carbocycles. The van der Waals surface area contributed by atoms with Crippen molar-refractivity contribution in [3.8, 4) is 11.5 Å². The number of benzene rings is 1. The minimum Gasteiger partial charge on any atom is -0.421 e. The summed E-state index contributed by atoms with van der Waals surface area (Å²) in [6.07, 6.45) is 0. The Morgan fingerprint density at radius 3 is 2.67 bits per heavy atom. The Balaban J connectivity index is 1.82. The summed E-state index contributed by atoms with van der Waals surface area (Å²) in [6, 6.07) is 7.95. The van der Waals surface area contributed by atoms with E-state index >= 15 is 0 Å². The van der Waals surface area contributed by atoms with Crippen molar-refractivity contribution >= 4 is 11.6 Å². The van der Waals surface area contributed by atoms with E-state index < -0.39 is 5.82 Å². The normalized spacial score (nSPS) is 10.8. The van der Waals surface area contributed by atoms with E-state index in [1.54, 1.807) is 19.1 Å². The summed E-state index contributed by atoms with van der Waals surface area (Å²) in [5.74, 6) is 0.123. The lowest BCUT2D eigenvalue weighted by atomic mass is 10.2. The second-order valence-electron chi connectivity index (χ2n) is 5.53. The first-order valence-corrected chi connectivity index (χ1v) is 7.47. The van der Waals surface area contributed by atoms with E-state index in [-0.39, 0.29) is 18.1 Å². The fourth-order valence-electron chi connectivity index (χ4n) is 2.56. The minimum absolute atomic E-state index is 0.0686. The first kappa shape index (κ1) is 15.9. The van der Waals surface area contributed by atoms with Crippen LogP contribution in [0.2, 0.25) is 0 Å². The Labute approximate surface area is 138 Å². The van der Waals surface area contributed by atoms with Crippen LogP contribution in [0.5, 0.6) is 0 Å². The summed E-state index contributed by atoms with van der Waals surface area (Å²) in [6.45, 7) is 5.55. The third-order valence-electron chi connectivity index (χ3n) is 3.78. The smallest absolute Gasteiger partial charge is 0.249 e. The van der Waals surface area contributed by atoms with Crippen LogP contribution in [0, 0.1) is 26.6 Å². The molecule has 0 spiro atoms. The topological polar surface area (TPSA) is 73.0 Å². The monoisotopic (exact) mass is 328 g/mol. The van der Waals surface area contributed by atoms with Gasteiger partial charge in [0.1, 0.15) is 12.4 Å². The van der Waals surface area contributed by atoms with Crippen molar-refractivity contribution in [2.75, 3.05) is 5.32 Å². The highest BCUT2D eigenvalue weighted by atomic mass is 19.1. The molecular weight excluding hydrogens is 311 g/mol. The lowest BCUT2D eigenvalue weighted by Crippen LogP contribution is -2.20. The van der Waals surface area contributed by atoms with E-state index in [0.717, 1.165) is 17.0 Å². The predicted octanol–water partition coefficient (Wildman–Crippen LogP) is 3.24. The molecule has 2 aromatic heterocycles. The molecule has 1 N–H and O–H groups in total. The average molecular weight is 328 g/mol. The van der Waals surface area contributed by atoms with Gasteiger partial charge in [-0.15, -0.1) is 10.2 Å². The van der Waals surface area contributed by atoms with Crippen molar-refractivity contribution in [2.24, 2.45) is 0 Å². The van der Waals surface area contributed by atoms with Gasteiger partial charge in [0.2, 0.25) is 17.7 Å². The highest BCUT2D eigenvalue weighted by Gasteiger charge is 2.17. The zero-order valence-electron chi connectivity index (χ0n) is 13.6. The van der Waals surface area contributed by atoms with Crippen LogP contribution >= 0.6 is 0 Å². The highest BCUT2D eigenvalue weighted by Crippen LogP contribution is 2.26. The molecule has 0 radical (unpaired) electrons. The number of carbonyl (C=O) groups excluding carboxylic acids is 1. The number of hydrogen-bond donors (Lipinski definition) is 1. The molecule has 3 rings (SSSR count). The lowest BCUT2D eigenvalue weighted by Gasteiger charge is -2.10. The maximum absolute atomic E-state index is 13.6. The van der Waals surface area contributed by atoms with Gasteiger partial charge in [-0.05, 0) is 32.0 Å². The molecule has 0 aliphatic carbocycles. The molecule has 24 heavy (non-hydrogen) atoms. The standard InChI is InChI=1S/C17H17FN4O2/c1-10-8-13(17-21-20-12(3)24-17)11(2)22(10)9-16(23)19-15-7-5-4-6-14(15)18/h4-8H,9H2,1-3H3,(H,19,23). The molecule has 124 valence electrons. The summed E-state index contributed by atoms with van der Waals surface area (Å²) in [5, 5.41) is 10.4. The molecule has 1 aromatic carbocycles. The maximum atomic E-state index is 13.6. The number of carbonyl (C=O) groups is 1. The van der Waals surface area contributed by atoms with Gasteiger partial charge in [-0.2, -0.15) is 0 Å². The number of para-hydroxylation sites is 1. The van der Waals surface area contributed by atoms with Crippen LogP contribution in [0.3, 0.4) is 0 Å². The Kier molecular flexibility index (Phi) is 4.16. The van der Waals surface area contributed by atoms with Gasteiger partial charge in [0, 0.05) is 18.3 Å². The number of halogens is 1. The lowest BCUT2D eigenvalue weighted by molar-refractivity contribution is -0.116. The number of anilines is 1. The fourth-order valence-corrected chi connectivity index (χ4v) is 2.56.